The summed E-state index contributed by atoms with van der Waals surface area (Å²) in [5.74, 6) is -0.449. The SMILES string of the molecule is O=C(NCC(=O)N1CCCC(O)C1)c1ccc(S(=O)(=O)N(Oc2ccccc2)c2ccccc2)cc1. The van der Waals surface area contributed by atoms with Crippen molar-refractivity contribution in [1.82, 2.24) is 10.2 Å². The monoisotopic (exact) mass is 509 g/mol. The zero-order valence-corrected chi connectivity index (χ0v) is 20.3. The van der Waals surface area contributed by atoms with Crippen LogP contribution >= 0.6 is 0 Å². The Morgan fingerprint density at radius 3 is 2.25 bits per heavy atom. The second kappa shape index (κ2) is 11.2. The number of anilines is 1. The number of aliphatic hydroxyl groups excluding tert-OH is 1. The molecule has 1 unspecified atom stereocenters. The van der Waals surface area contributed by atoms with Crippen LogP contribution in [0.2, 0.25) is 0 Å². The maximum absolute atomic E-state index is 13.5. The van der Waals surface area contributed by atoms with Gasteiger partial charge in [-0.05, 0) is 61.4 Å². The van der Waals surface area contributed by atoms with Crippen LogP contribution in [0, 0.1) is 0 Å². The van der Waals surface area contributed by atoms with Gasteiger partial charge in [0.2, 0.25) is 5.91 Å². The van der Waals surface area contributed by atoms with Crippen LogP contribution in [-0.4, -0.2) is 56.0 Å². The first kappa shape index (κ1) is 25.2. The molecule has 0 aliphatic carbocycles. The van der Waals surface area contributed by atoms with Crippen LogP contribution in [-0.2, 0) is 14.8 Å². The molecule has 0 spiro atoms. The van der Waals surface area contributed by atoms with Gasteiger partial charge in [0.15, 0.2) is 5.75 Å². The molecule has 1 aliphatic heterocycles. The highest BCUT2D eigenvalue weighted by atomic mass is 32.2. The highest BCUT2D eigenvalue weighted by Crippen LogP contribution is 2.26. The molecule has 1 saturated heterocycles. The Morgan fingerprint density at radius 2 is 1.61 bits per heavy atom. The number of hydrogen-bond acceptors (Lipinski definition) is 6. The molecule has 2 N–H and O–H groups in total. The molecular formula is C26H27N3O6S. The molecule has 3 aromatic carbocycles. The van der Waals surface area contributed by atoms with E-state index in [0.29, 0.717) is 30.8 Å². The van der Waals surface area contributed by atoms with Crippen molar-refractivity contribution in [3.63, 3.8) is 0 Å². The first-order valence-corrected chi connectivity index (χ1v) is 13.0. The van der Waals surface area contributed by atoms with Gasteiger partial charge < -0.3 is 20.2 Å². The summed E-state index contributed by atoms with van der Waals surface area (Å²) < 4.78 is 27.8. The lowest BCUT2D eigenvalue weighted by atomic mass is 10.1. The lowest BCUT2D eigenvalue weighted by Gasteiger charge is -2.30. The van der Waals surface area contributed by atoms with Crippen molar-refractivity contribution in [3.8, 4) is 5.75 Å². The van der Waals surface area contributed by atoms with E-state index >= 15 is 0 Å². The smallest absolute Gasteiger partial charge is 0.295 e. The van der Waals surface area contributed by atoms with Crippen LogP contribution in [0.1, 0.15) is 23.2 Å². The number of β-amino-alcohol motifs (C(OH)–C–C–N with tert-alkyl or cyclic N) is 1. The number of amides is 2. The molecule has 0 radical (unpaired) electrons. The van der Waals surface area contributed by atoms with Crippen LogP contribution in [0.3, 0.4) is 0 Å². The van der Waals surface area contributed by atoms with E-state index in [-0.39, 0.29) is 29.5 Å². The van der Waals surface area contributed by atoms with Gasteiger partial charge in [0.1, 0.15) is 0 Å². The van der Waals surface area contributed by atoms with E-state index in [0.717, 1.165) is 4.47 Å². The van der Waals surface area contributed by atoms with Gasteiger partial charge in [-0.15, -0.1) is 0 Å². The molecule has 4 rings (SSSR count). The second-order valence-corrected chi connectivity index (χ2v) is 10.1. The molecule has 0 saturated carbocycles. The Kier molecular flexibility index (Phi) is 7.87. The van der Waals surface area contributed by atoms with E-state index in [1.54, 1.807) is 60.7 Å². The lowest BCUT2D eigenvalue weighted by molar-refractivity contribution is -0.133. The number of benzene rings is 3. The average Bonchev–Trinajstić information content (AvgIpc) is 2.91. The quantitative estimate of drug-likeness (QED) is 0.451. The van der Waals surface area contributed by atoms with Crippen LogP contribution in [0.5, 0.6) is 5.75 Å². The predicted octanol–water partition coefficient (Wildman–Crippen LogP) is 2.59. The van der Waals surface area contributed by atoms with E-state index in [9.17, 15) is 23.1 Å². The fraction of sp³-hybridized carbons (Fsp3) is 0.231. The van der Waals surface area contributed by atoms with Crippen molar-refractivity contribution in [2.24, 2.45) is 0 Å². The van der Waals surface area contributed by atoms with E-state index in [1.807, 2.05) is 0 Å². The topological polar surface area (TPSA) is 116 Å². The Balaban J connectivity index is 1.47. The van der Waals surface area contributed by atoms with Gasteiger partial charge in [-0.3, -0.25) is 9.59 Å². The number of hydrogen-bond donors (Lipinski definition) is 2. The zero-order valence-electron chi connectivity index (χ0n) is 19.5. The lowest BCUT2D eigenvalue weighted by Crippen LogP contribution is -2.46. The van der Waals surface area contributed by atoms with Crippen LogP contribution in [0.15, 0.2) is 89.8 Å². The van der Waals surface area contributed by atoms with Gasteiger partial charge in [-0.25, -0.2) is 0 Å². The first-order valence-electron chi connectivity index (χ1n) is 11.5. The molecule has 3 aromatic rings. The average molecular weight is 510 g/mol. The summed E-state index contributed by atoms with van der Waals surface area (Å²) in [4.78, 5) is 32.0. The van der Waals surface area contributed by atoms with E-state index in [1.165, 1.54) is 29.2 Å². The summed E-state index contributed by atoms with van der Waals surface area (Å²) in [6.45, 7) is 0.587. The first-order chi connectivity index (χ1) is 17.3. The molecule has 1 aliphatic rings. The van der Waals surface area contributed by atoms with Crippen molar-refractivity contribution in [1.29, 1.82) is 0 Å². The highest BCUT2D eigenvalue weighted by Gasteiger charge is 2.28. The Morgan fingerprint density at radius 1 is 0.972 bits per heavy atom. The number of carbonyl (C=O) groups is 2. The summed E-state index contributed by atoms with van der Waals surface area (Å²) in [6.07, 6.45) is 0.822. The molecule has 36 heavy (non-hydrogen) atoms. The van der Waals surface area contributed by atoms with Gasteiger partial charge in [0.25, 0.3) is 15.9 Å². The molecule has 10 heteroatoms. The summed E-state index contributed by atoms with van der Waals surface area (Å²) >= 11 is 0. The highest BCUT2D eigenvalue weighted by molar-refractivity contribution is 7.92. The van der Waals surface area contributed by atoms with Crippen LogP contribution in [0.4, 0.5) is 5.69 Å². The van der Waals surface area contributed by atoms with Crippen LogP contribution in [0.25, 0.3) is 0 Å². The fourth-order valence-electron chi connectivity index (χ4n) is 3.79. The maximum Gasteiger partial charge on any atom is 0.295 e. The second-order valence-electron chi connectivity index (χ2n) is 8.31. The molecular weight excluding hydrogens is 482 g/mol. The fourth-order valence-corrected chi connectivity index (χ4v) is 5.05. The van der Waals surface area contributed by atoms with Gasteiger partial charge >= 0.3 is 0 Å². The summed E-state index contributed by atoms with van der Waals surface area (Å²) in [6, 6.07) is 22.3. The Bertz CT molecular complexity index is 1280. The normalized spacial score (nSPS) is 15.7. The third kappa shape index (κ3) is 6.02. The molecule has 0 bridgehead atoms. The molecule has 2 amide bonds. The third-order valence-corrected chi connectivity index (χ3v) is 7.27. The van der Waals surface area contributed by atoms with Crippen molar-refractivity contribution < 1.29 is 28.0 Å². The minimum Gasteiger partial charge on any atom is -0.391 e. The van der Waals surface area contributed by atoms with Gasteiger partial charge in [0, 0.05) is 18.7 Å². The molecule has 9 nitrogen and oxygen atoms in total. The van der Waals surface area contributed by atoms with Crippen molar-refractivity contribution in [3.05, 3.63) is 90.5 Å². The molecule has 1 atom stereocenters. The number of nitrogens with one attached hydrogen (secondary N) is 1. The van der Waals surface area contributed by atoms with E-state index in [4.69, 9.17) is 4.84 Å². The van der Waals surface area contributed by atoms with Gasteiger partial charge in [-0.1, -0.05) is 40.9 Å². The van der Waals surface area contributed by atoms with Crippen LogP contribution < -0.4 is 14.6 Å². The molecule has 188 valence electrons. The number of sulfonamides is 1. The Labute approximate surface area is 209 Å². The summed E-state index contributed by atoms with van der Waals surface area (Å²) in [5.41, 5.74) is 0.514. The number of para-hydroxylation sites is 2. The van der Waals surface area contributed by atoms with Gasteiger partial charge in [0.05, 0.1) is 23.2 Å². The number of rotatable bonds is 8. The Hall–Kier alpha value is -3.89. The number of aliphatic hydroxyl groups is 1. The maximum atomic E-state index is 13.5. The molecule has 0 aromatic heterocycles. The number of likely N-dealkylation sites (tertiary alicyclic amines) is 1. The molecule has 1 heterocycles. The predicted molar refractivity (Wildman–Crippen MR) is 134 cm³/mol. The van der Waals surface area contributed by atoms with E-state index in [2.05, 4.69) is 5.32 Å². The zero-order chi connectivity index (χ0) is 25.5. The largest absolute Gasteiger partial charge is 0.391 e. The summed E-state index contributed by atoms with van der Waals surface area (Å²) in [5, 5.41) is 12.3. The number of carbonyl (C=O) groups excluding carboxylic acids is 2. The van der Waals surface area contributed by atoms with Crippen molar-refractivity contribution in [2.75, 3.05) is 24.1 Å². The number of piperidine rings is 1. The van der Waals surface area contributed by atoms with Crippen molar-refractivity contribution in [2.45, 2.75) is 23.8 Å². The third-order valence-electron chi connectivity index (χ3n) is 5.68. The van der Waals surface area contributed by atoms with Crippen molar-refractivity contribution >= 4 is 27.5 Å². The minimum atomic E-state index is -4.15. The van der Waals surface area contributed by atoms with E-state index < -0.39 is 22.0 Å². The number of nitrogens with zero attached hydrogens (tertiary/aromatic N) is 2. The standard InChI is InChI=1S/C26H27N3O6S/c30-22-10-7-17-28(19-22)25(31)18-27-26(32)20-13-15-24(16-14-20)36(33,34)29(21-8-3-1-4-9-21)35-23-11-5-2-6-12-23/h1-6,8-9,11-16,22,30H,7,10,17-19H2,(H,27,32). The summed E-state index contributed by atoms with van der Waals surface area (Å²) in [7, 11) is -4.15. The minimum absolute atomic E-state index is 0.0720. The molecule has 1 fully saturated rings. The van der Waals surface area contributed by atoms with Gasteiger partial charge in [-0.2, -0.15) is 8.42 Å².